The van der Waals surface area contributed by atoms with Crippen LogP contribution in [0.4, 0.5) is 5.69 Å². The predicted molar refractivity (Wildman–Crippen MR) is 106 cm³/mol. The van der Waals surface area contributed by atoms with Crippen molar-refractivity contribution in [1.82, 2.24) is 5.32 Å². The molecule has 1 N–H and O–H groups in total. The van der Waals surface area contributed by atoms with Crippen molar-refractivity contribution in [2.45, 2.75) is 11.4 Å². The highest BCUT2D eigenvalue weighted by atomic mass is 35.5. The Balaban J connectivity index is 1.95. The van der Waals surface area contributed by atoms with Crippen molar-refractivity contribution in [2.75, 3.05) is 11.4 Å². The number of nitrogens with one attached hydrogen (secondary N) is 1. The molecule has 3 rings (SSSR count). The van der Waals surface area contributed by atoms with Gasteiger partial charge < -0.3 is 10.2 Å². The Labute approximate surface area is 161 Å². The summed E-state index contributed by atoms with van der Waals surface area (Å²) in [7, 11) is 0. The van der Waals surface area contributed by atoms with Gasteiger partial charge in [-0.15, -0.1) is 6.58 Å². The lowest BCUT2D eigenvalue weighted by molar-refractivity contribution is -0.117. The van der Waals surface area contributed by atoms with Crippen molar-refractivity contribution in [3.63, 3.8) is 0 Å². The van der Waals surface area contributed by atoms with E-state index in [0.29, 0.717) is 23.0 Å². The van der Waals surface area contributed by atoms with Crippen molar-refractivity contribution in [1.29, 1.82) is 0 Å². The molecule has 0 aliphatic carbocycles. The highest BCUT2D eigenvalue weighted by Gasteiger charge is 2.29. The summed E-state index contributed by atoms with van der Waals surface area (Å²) in [5.41, 5.74) is 1.66. The van der Waals surface area contributed by atoms with Crippen LogP contribution < -0.4 is 10.2 Å². The number of halogens is 1. The Morgan fingerprint density at radius 3 is 2.69 bits per heavy atom. The van der Waals surface area contributed by atoms with Crippen LogP contribution in [0.25, 0.3) is 0 Å². The minimum atomic E-state index is -0.321. The fraction of sp³-hybridized carbons (Fsp3) is 0.100. The Hall–Kier alpha value is -2.50. The van der Waals surface area contributed by atoms with E-state index in [4.69, 9.17) is 11.6 Å². The molecule has 132 valence electrons. The van der Waals surface area contributed by atoms with Gasteiger partial charge in [-0.05, 0) is 23.8 Å². The van der Waals surface area contributed by atoms with Gasteiger partial charge in [-0.1, -0.05) is 59.8 Å². The average Bonchev–Trinajstić information content (AvgIpc) is 2.65. The van der Waals surface area contributed by atoms with Crippen molar-refractivity contribution in [3.05, 3.63) is 82.8 Å². The van der Waals surface area contributed by atoms with E-state index >= 15 is 0 Å². The summed E-state index contributed by atoms with van der Waals surface area (Å²) in [6, 6.07) is 15.0. The molecule has 0 fully saturated rings. The van der Waals surface area contributed by atoms with Crippen LogP contribution in [0.2, 0.25) is 5.02 Å². The maximum atomic E-state index is 13.0. The van der Waals surface area contributed by atoms with E-state index in [9.17, 15) is 9.59 Å². The van der Waals surface area contributed by atoms with Gasteiger partial charge in [0.15, 0.2) is 0 Å². The molecule has 0 atom stereocenters. The highest BCUT2D eigenvalue weighted by molar-refractivity contribution is 8.04. The van der Waals surface area contributed by atoms with Crippen molar-refractivity contribution >= 4 is 40.9 Å². The largest absolute Gasteiger partial charge is 0.349 e. The van der Waals surface area contributed by atoms with Crippen LogP contribution >= 0.6 is 23.4 Å². The molecule has 1 aliphatic rings. The maximum Gasteiger partial charge on any atom is 0.265 e. The number of nitrogens with zero attached hydrogens (tertiary/aromatic N) is 1. The molecule has 0 spiro atoms. The van der Waals surface area contributed by atoms with E-state index in [2.05, 4.69) is 11.9 Å². The number of thioether (sulfide) groups is 1. The second kappa shape index (κ2) is 8.25. The number of fused-ring (bicyclic) bond motifs is 1. The number of para-hydroxylation sites is 1. The van der Waals surface area contributed by atoms with Gasteiger partial charge in [-0.3, -0.25) is 9.59 Å². The van der Waals surface area contributed by atoms with E-state index in [1.807, 2.05) is 42.5 Å². The Morgan fingerprint density at radius 2 is 1.92 bits per heavy atom. The van der Waals surface area contributed by atoms with Crippen LogP contribution in [-0.2, 0) is 16.1 Å². The number of carbonyl (C=O) groups excluding carboxylic acids is 2. The van der Waals surface area contributed by atoms with Crippen LogP contribution in [0.5, 0.6) is 0 Å². The third-order valence-electron chi connectivity index (χ3n) is 3.80. The molecule has 0 aromatic heterocycles. The third-order valence-corrected chi connectivity index (χ3v) is 5.25. The molecule has 0 radical (unpaired) electrons. The zero-order chi connectivity index (χ0) is 18.5. The zero-order valence-electron chi connectivity index (χ0n) is 13.9. The first-order chi connectivity index (χ1) is 12.6. The fourth-order valence-electron chi connectivity index (χ4n) is 2.56. The van der Waals surface area contributed by atoms with Crippen molar-refractivity contribution < 1.29 is 9.59 Å². The van der Waals surface area contributed by atoms with Gasteiger partial charge in [0, 0.05) is 22.5 Å². The Kier molecular flexibility index (Phi) is 5.81. The first kappa shape index (κ1) is 18.3. The number of benzene rings is 2. The fourth-order valence-corrected chi connectivity index (χ4v) is 3.78. The molecule has 1 heterocycles. The van der Waals surface area contributed by atoms with Gasteiger partial charge in [0.1, 0.15) is 0 Å². The van der Waals surface area contributed by atoms with E-state index in [1.165, 1.54) is 17.8 Å². The molecule has 4 nitrogen and oxygen atoms in total. The minimum Gasteiger partial charge on any atom is -0.349 e. The maximum absolute atomic E-state index is 13.0. The van der Waals surface area contributed by atoms with Gasteiger partial charge in [-0.25, -0.2) is 0 Å². The number of carbonyl (C=O) groups is 2. The topological polar surface area (TPSA) is 49.4 Å². The lowest BCUT2D eigenvalue weighted by Crippen LogP contribution is -2.34. The van der Waals surface area contributed by atoms with Gasteiger partial charge in [0.25, 0.3) is 5.91 Å². The summed E-state index contributed by atoms with van der Waals surface area (Å²) in [6.45, 7) is 4.25. The molecule has 0 unspecified atom stereocenters. The quantitative estimate of drug-likeness (QED) is 0.622. The monoisotopic (exact) mass is 384 g/mol. The van der Waals surface area contributed by atoms with Crippen LogP contribution in [0.3, 0.4) is 0 Å². The smallest absolute Gasteiger partial charge is 0.265 e. The molecule has 2 aromatic carbocycles. The Morgan fingerprint density at radius 1 is 1.19 bits per heavy atom. The van der Waals surface area contributed by atoms with Crippen LogP contribution in [0.15, 0.2) is 77.1 Å². The van der Waals surface area contributed by atoms with Gasteiger partial charge in [0.05, 0.1) is 17.1 Å². The van der Waals surface area contributed by atoms with E-state index in [0.717, 1.165) is 16.1 Å². The summed E-state index contributed by atoms with van der Waals surface area (Å²) in [4.78, 5) is 28.0. The second-order valence-electron chi connectivity index (χ2n) is 5.59. The zero-order valence-corrected chi connectivity index (χ0v) is 15.5. The van der Waals surface area contributed by atoms with Gasteiger partial charge in [0.2, 0.25) is 5.91 Å². The summed E-state index contributed by atoms with van der Waals surface area (Å²) in [6.07, 6.45) is 2.93. The van der Waals surface area contributed by atoms with E-state index < -0.39 is 0 Å². The van der Waals surface area contributed by atoms with E-state index in [-0.39, 0.29) is 11.8 Å². The number of rotatable bonds is 5. The lowest BCUT2D eigenvalue weighted by atomic mass is 10.1. The van der Waals surface area contributed by atoms with Gasteiger partial charge in [-0.2, -0.15) is 0 Å². The first-order valence-corrected chi connectivity index (χ1v) is 9.22. The lowest BCUT2D eigenvalue weighted by Gasteiger charge is -2.30. The number of amides is 2. The summed E-state index contributed by atoms with van der Waals surface area (Å²) >= 11 is 7.56. The SMILES string of the molecule is C=CCNC(=O)/C=C1/Sc2ccccc2N(Cc2ccccc2Cl)C1=O. The highest BCUT2D eigenvalue weighted by Crippen LogP contribution is 2.42. The van der Waals surface area contributed by atoms with Crippen LogP contribution in [0.1, 0.15) is 5.56 Å². The third kappa shape index (κ3) is 4.00. The van der Waals surface area contributed by atoms with Gasteiger partial charge >= 0.3 is 0 Å². The standard InChI is InChI=1S/C20H17ClN2O2S/c1-2-11-22-19(24)12-18-20(25)23(13-14-7-3-4-8-15(14)21)16-9-5-6-10-17(16)26-18/h2-10,12H,1,11,13H2,(H,22,24)/b18-12+. The normalized spacial score (nSPS) is 14.9. The van der Waals surface area contributed by atoms with E-state index in [1.54, 1.807) is 17.0 Å². The molecule has 0 bridgehead atoms. The summed E-state index contributed by atoms with van der Waals surface area (Å²) in [5.74, 6) is -0.541. The van der Waals surface area contributed by atoms with Crippen molar-refractivity contribution in [2.24, 2.45) is 0 Å². The molecule has 0 saturated heterocycles. The molecule has 1 aliphatic heterocycles. The van der Waals surface area contributed by atoms with Crippen LogP contribution in [-0.4, -0.2) is 18.4 Å². The first-order valence-electron chi connectivity index (χ1n) is 8.02. The van der Waals surface area contributed by atoms with Crippen molar-refractivity contribution in [3.8, 4) is 0 Å². The predicted octanol–water partition coefficient (Wildman–Crippen LogP) is 4.17. The molecule has 2 aromatic rings. The molecule has 2 amide bonds. The summed E-state index contributed by atoms with van der Waals surface area (Å²) < 4.78 is 0. The summed E-state index contributed by atoms with van der Waals surface area (Å²) in [5, 5.41) is 3.26. The van der Waals surface area contributed by atoms with Crippen LogP contribution in [0, 0.1) is 0 Å². The molecule has 0 saturated carbocycles. The molecule has 6 heteroatoms. The molecular formula is C20H17ClN2O2S. The number of anilines is 1. The number of hydrogen-bond donors (Lipinski definition) is 1. The minimum absolute atomic E-state index is 0.220. The molecular weight excluding hydrogens is 368 g/mol. The number of hydrogen-bond acceptors (Lipinski definition) is 3. The second-order valence-corrected chi connectivity index (χ2v) is 7.09. The Bertz CT molecular complexity index is 895. The molecule has 26 heavy (non-hydrogen) atoms. The average molecular weight is 385 g/mol.